The fourth-order valence-electron chi connectivity index (χ4n) is 1.84. The molecule has 17 heavy (non-hydrogen) atoms. The van der Waals surface area contributed by atoms with Crippen LogP contribution in [0.3, 0.4) is 0 Å². The normalized spacial score (nSPS) is 10.6. The van der Waals surface area contributed by atoms with Crippen LogP contribution in [0, 0.1) is 18.3 Å². The number of hydrogen-bond acceptors (Lipinski definition) is 3. The van der Waals surface area contributed by atoms with Crippen molar-refractivity contribution in [3.05, 3.63) is 47.8 Å². The summed E-state index contributed by atoms with van der Waals surface area (Å²) in [7, 11) is 0. The van der Waals surface area contributed by atoms with Gasteiger partial charge >= 0.3 is 0 Å². The molecule has 0 aliphatic carbocycles. The molecule has 0 N–H and O–H groups in total. The fourth-order valence-corrected chi connectivity index (χ4v) is 2.87. The topological polar surface area (TPSA) is 41.6 Å². The van der Waals surface area contributed by atoms with Crippen molar-refractivity contribution in [1.82, 2.24) is 9.55 Å². The molecule has 0 amide bonds. The van der Waals surface area contributed by atoms with Crippen LogP contribution in [0.4, 0.5) is 0 Å². The molecule has 0 unspecified atom stereocenters. The molecule has 0 aliphatic rings. The number of nitriles is 1. The standard InChI is InChI=1S/C13H9N3S/c1-9-6-7-10(8-14)16(9)13-15-11-4-2-3-5-12(11)17-13/h2-7H,1H3. The Morgan fingerprint density at radius 1 is 1.24 bits per heavy atom. The Kier molecular flexibility index (Phi) is 2.20. The van der Waals surface area contributed by atoms with E-state index < -0.39 is 0 Å². The highest BCUT2D eigenvalue weighted by Crippen LogP contribution is 2.26. The van der Waals surface area contributed by atoms with Crippen LogP contribution in [0.1, 0.15) is 11.4 Å². The van der Waals surface area contributed by atoms with E-state index in [9.17, 15) is 0 Å². The zero-order valence-corrected chi connectivity index (χ0v) is 10.0. The van der Waals surface area contributed by atoms with E-state index in [2.05, 4.69) is 11.1 Å². The minimum atomic E-state index is 0.626. The molecule has 0 atom stereocenters. The van der Waals surface area contributed by atoms with Gasteiger partial charge in [0.05, 0.1) is 10.2 Å². The number of aryl methyl sites for hydroxylation is 1. The van der Waals surface area contributed by atoms with Gasteiger partial charge in [-0.05, 0) is 31.2 Å². The second kappa shape index (κ2) is 3.72. The van der Waals surface area contributed by atoms with E-state index in [-0.39, 0.29) is 0 Å². The summed E-state index contributed by atoms with van der Waals surface area (Å²) >= 11 is 1.60. The summed E-state index contributed by atoms with van der Waals surface area (Å²) in [5.74, 6) is 0. The third kappa shape index (κ3) is 1.52. The van der Waals surface area contributed by atoms with E-state index in [0.717, 1.165) is 21.0 Å². The molecule has 0 fully saturated rings. The molecular formula is C13H9N3S. The summed E-state index contributed by atoms with van der Waals surface area (Å²) in [6.45, 7) is 1.98. The average molecular weight is 239 g/mol. The SMILES string of the molecule is Cc1ccc(C#N)n1-c1nc2ccccc2s1. The number of thiazole rings is 1. The molecule has 3 nitrogen and oxygen atoms in total. The summed E-state index contributed by atoms with van der Waals surface area (Å²) in [4.78, 5) is 4.56. The zero-order valence-electron chi connectivity index (χ0n) is 9.21. The molecule has 0 saturated heterocycles. The summed E-state index contributed by atoms with van der Waals surface area (Å²) in [5.41, 5.74) is 2.63. The second-order valence-corrected chi connectivity index (χ2v) is 4.78. The minimum absolute atomic E-state index is 0.626. The summed E-state index contributed by atoms with van der Waals surface area (Å²) in [5, 5.41) is 9.93. The molecule has 82 valence electrons. The highest BCUT2D eigenvalue weighted by Gasteiger charge is 2.11. The van der Waals surface area contributed by atoms with Gasteiger partial charge in [-0.3, -0.25) is 4.57 Å². The quantitative estimate of drug-likeness (QED) is 0.654. The van der Waals surface area contributed by atoms with Gasteiger partial charge in [-0.15, -0.1) is 0 Å². The smallest absolute Gasteiger partial charge is 0.195 e. The van der Waals surface area contributed by atoms with Gasteiger partial charge in [0.2, 0.25) is 0 Å². The number of hydrogen-bond donors (Lipinski definition) is 0. The second-order valence-electron chi connectivity index (χ2n) is 3.77. The lowest BCUT2D eigenvalue weighted by Gasteiger charge is -2.01. The van der Waals surface area contributed by atoms with Gasteiger partial charge in [-0.2, -0.15) is 5.26 Å². The zero-order chi connectivity index (χ0) is 11.8. The Balaban J connectivity index is 2.28. The largest absolute Gasteiger partial charge is 0.281 e. The first kappa shape index (κ1) is 10.1. The predicted molar refractivity (Wildman–Crippen MR) is 68.4 cm³/mol. The first-order chi connectivity index (χ1) is 8.29. The van der Waals surface area contributed by atoms with Gasteiger partial charge in [-0.25, -0.2) is 4.98 Å². The Labute approximate surface area is 103 Å². The molecule has 3 rings (SSSR count). The van der Waals surface area contributed by atoms with Gasteiger partial charge in [0, 0.05) is 5.69 Å². The summed E-state index contributed by atoms with van der Waals surface area (Å²) in [6, 6.07) is 13.9. The molecule has 0 radical (unpaired) electrons. The molecular weight excluding hydrogens is 230 g/mol. The lowest BCUT2D eigenvalue weighted by Crippen LogP contribution is -1.97. The minimum Gasteiger partial charge on any atom is -0.281 e. The van der Waals surface area contributed by atoms with E-state index in [1.807, 2.05) is 47.9 Å². The van der Waals surface area contributed by atoms with Crippen LogP contribution >= 0.6 is 11.3 Å². The van der Waals surface area contributed by atoms with Crippen LogP contribution in [-0.4, -0.2) is 9.55 Å². The van der Waals surface area contributed by atoms with Crippen LogP contribution in [-0.2, 0) is 0 Å². The van der Waals surface area contributed by atoms with Crippen molar-refractivity contribution in [2.45, 2.75) is 6.92 Å². The molecule has 0 aliphatic heterocycles. The van der Waals surface area contributed by atoms with Crippen LogP contribution < -0.4 is 0 Å². The maximum absolute atomic E-state index is 9.07. The van der Waals surface area contributed by atoms with Crippen molar-refractivity contribution in [2.75, 3.05) is 0 Å². The number of nitrogens with zero attached hydrogens (tertiary/aromatic N) is 3. The molecule has 0 spiro atoms. The highest BCUT2D eigenvalue weighted by atomic mass is 32.1. The number of benzene rings is 1. The molecule has 0 bridgehead atoms. The lowest BCUT2D eigenvalue weighted by atomic mass is 10.3. The van der Waals surface area contributed by atoms with E-state index >= 15 is 0 Å². The molecule has 4 heteroatoms. The van der Waals surface area contributed by atoms with Crippen molar-refractivity contribution in [3.63, 3.8) is 0 Å². The predicted octanol–water partition coefficient (Wildman–Crippen LogP) is 3.27. The van der Waals surface area contributed by atoms with Crippen LogP contribution in [0.25, 0.3) is 15.3 Å². The lowest BCUT2D eigenvalue weighted by molar-refractivity contribution is 0.982. The van der Waals surface area contributed by atoms with Gasteiger partial charge in [-0.1, -0.05) is 23.5 Å². The van der Waals surface area contributed by atoms with Crippen LogP contribution in [0.5, 0.6) is 0 Å². The van der Waals surface area contributed by atoms with Crippen molar-refractivity contribution in [2.24, 2.45) is 0 Å². The molecule has 1 aromatic carbocycles. The van der Waals surface area contributed by atoms with Crippen molar-refractivity contribution in [1.29, 1.82) is 5.26 Å². The third-order valence-corrected chi connectivity index (χ3v) is 3.69. The van der Waals surface area contributed by atoms with Gasteiger partial charge in [0.15, 0.2) is 5.13 Å². The number of fused-ring (bicyclic) bond motifs is 1. The van der Waals surface area contributed by atoms with Crippen molar-refractivity contribution >= 4 is 21.6 Å². The molecule has 2 aromatic heterocycles. The Bertz CT molecular complexity index is 698. The van der Waals surface area contributed by atoms with Gasteiger partial charge in [0.1, 0.15) is 11.8 Å². The third-order valence-electron chi connectivity index (χ3n) is 2.66. The molecule has 0 saturated carbocycles. The number of aromatic nitrogens is 2. The Morgan fingerprint density at radius 2 is 2.06 bits per heavy atom. The summed E-state index contributed by atoms with van der Waals surface area (Å²) < 4.78 is 3.03. The summed E-state index contributed by atoms with van der Waals surface area (Å²) in [6.07, 6.45) is 0. The first-order valence-corrected chi connectivity index (χ1v) is 6.05. The Morgan fingerprint density at radius 3 is 2.82 bits per heavy atom. The van der Waals surface area contributed by atoms with E-state index in [4.69, 9.17) is 5.26 Å². The fraction of sp³-hybridized carbons (Fsp3) is 0.0769. The van der Waals surface area contributed by atoms with Crippen molar-refractivity contribution < 1.29 is 0 Å². The van der Waals surface area contributed by atoms with E-state index in [1.165, 1.54) is 0 Å². The van der Waals surface area contributed by atoms with Crippen LogP contribution in [0.15, 0.2) is 36.4 Å². The monoisotopic (exact) mass is 239 g/mol. The van der Waals surface area contributed by atoms with Crippen LogP contribution in [0.2, 0.25) is 0 Å². The first-order valence-electron chi connectivity index (χ1n) is 5.24. The maximum Gasteiger partial charge on any atom is 0.195 e. The number of rotatable bonds is 1. The van der Waals surface area contributed by atoms with Gasteiger partial charge in [0.25, 0.3) is 0 Å². The van der Waals surface area contributed by atoms with E-state index in [0.29, 0.717) is 5.69 Å². The van der Waals surface area contributed by atoms with Gasteiger partial charge < -0.3 is 0 Å². The number of para-hydroxylation sites is 1. The average Bonchev–Trinajstić information content (AvgIpc) is 2.91. The van der Waals surface area contributed by atoms with Crippen molar-refractivity contribution in [3.8, 4) is 11.2 Å². The molecule has 2 heterocycles. The molecule has 3 aromatic rings. The maximum atomic E-state index is 9.07. The highest BCUT2D eigenvalue weighted by molar-refractivity contribution is 7.20. The Hall–Kier alpha value is -2.12. The van der Waals surface area contributed by atoms with E-state index in [1.54, 1.807) is 11.3 Å².